The molecule has 3 nitrogen and oxygen atoms in total. The van der Waals surface area contributed by atoms with Crippen LogP contribution in [-0.4, -0.2) is 23.8 Å². The van der Waals surface area contributed by atoms with E-state index in [2.05, 4.69) is 14.2 Å². The number of nitrogens with zero attached hydrogens (tertiary/aromatic N) is 1. The first-order valence-electron chi connectivity index (χ1n) is 3.82. The van der Waals surface area contributed by atoms with E-state index in [1.807, 2.05) is 0 Å². The summed E-state index contributed by atoms with van der Waals surface area (Å²) >= 11 is 0. The van der Waals surface area contributed by atoms with Gasteiger partial charge in [-0.1, -0.05) is 22.1 Å². The maximum absolute atomic E-state index is 8.73. The van der Waals surface area contributed by atoms with Gasteiger partial charge in [-0.15, -0.1) is 0 Å². The van der Waals surface area contributed by atoms with Crippen molar-refractivity contribution in [3.63, 3.8) is 0 Å². The second-order valence-corrected chi connectivity index (χ2v) is 3.18. The molecule has 0 saturated heterocycles. The van der Waals surface area contributed by atoms with E-state index in [-0.39, 0.29) is 6.10 Å². The molecule has 0 heterocycles. The smallest absolute Gasteiger partial charge is 0.110 e. The summed E-state index contributed by atoms with van der Waals surface area (Å²) < 4.78 is 0. The Bertz CT molecular complexity index is 118. The van der Waals surface area contributed by atoms with Crippen molar-refractivity contribution in [2.24, 2.45) is 10.7 Å². The molecule has 3 N–H and O–H groups in total. The molecule has 4 heteroatoms. The zero-order chi connectivity index (χ0) is 8.69. The van der Waals surface area contributed by atoms with Gasteiger partial charge in [0.1, 0.15) is 5.58 Å². The summed E-state index contributed by atoms with van der Waals surface area (Å²) in [4.78, 5) is 3.55. The van der Waals surface area contributed by atoms with E-state index in [0.29, 0.717) is 5.58 Å². The molecule has 0 aliphatic heterocycles. The number of rotatable bonds is 0. The van der Waals surface area contributed by atoms with Crippen molar-refractivity contribution >= 4 is 14.8 Å². The third kappa shape index (κ3) is 7.76. The minimum Gasteiger partial charge on any atom is -0.393 e. The van der Waals surface area contributed by atoms with Crippen LogP contribution < -0.4 is 5.73 Å². The van der Waals surface area contributed by atoms with Gasteiger partial charge in [-0.05, 0) is 12.8 Å². The molecule has 1 unspecified atom stereocenters. The predicted octanol–water partition coefficient (Wildman–Crippen LogP) is 0.727. The highest BCUT2D eigenvalue weighted by Crippen LogP contribution is 2.16. The second kappa shape index (κ2) is 6.56. The highest BCUT2D eigenvalue weighted by atomic mass is 31.0. The predicted molar refractivity (Wildman–Crippen MR) is 51.7 cm³/mol. The molecule has 0 radical (unpaired) electrons. The minimum atomic E-state index is 0.0463. The molecule has 1 aliphatic carbocycles. The Hall–Kier alpha value is -0.140. The van der Waals surface area contributed by atoms with E-state index in [1.54, 1.807) is 7.05 Å². The minimum absolute atomic E-state index is 0.0463. The first-order valence-corrected chi connectivity index (χ1v) is 4.40. The van der Waals surface area contributed by atoms with Crippen LogP contribution in [0.2, 0.25) is 0 Å². The fraction of sp³-hybridized carbons (Fsp3) is 0.857. The van der Waals surface area contributed by atoms with Gasteiger partial charge >= 0.3 is 0 Å². The number of aliphatic imine (C=N–C) groups is 1. The summed E-state index contributed by atoms with van der Waals surface area (Å²) in [6, 6.07) is 0. The first-order chi connectivity index (χ1) is 5.16. The largest absolute Gasteiger partial charge is 0.393 e. The van der Waals surface area contributed by atoms with Gasteiger partial charge in [-0.3, -0.25) is 4.99 Å². The van der Waals surface area contributed by atoms with Crippen LogP contribution in [0.3, 0.4) is 0 Å². The quantitative estimate of drug-likeness (QED) is 0.324. The Kier molecular flexibility index (Phi) is 6.48. The number of hydrogen-bond donors (Lipinski definition) is 2. The van der Waals surface area contributed by atoms with Crippen LogP contribution in [0.25, 0.3) is 0 Å². The van der Waals surface area contributed by atoms with Crippen LogP contribution in [0, 0.1) is 0 Å². The first kappa shape index (κ1) is 10.9. The summed E-state index contributed by atoms with van der Waals surface area (Å²) in [6.45, 7) is 0. The Morgan fingerprint density at radius 3 is 2.00 bits per heavy atom. The van der Waals surface area contributed by atoms with E-state index in [0.717, 1.165) is 12.8 Å². The molecule has 0 amide bonds. The van der Waals surface area contributed by atoms with Crippen molar-refractivity contribution in [1.29, 1.82) is 0 Å². The molecule has 1 atom stereocenters. The maximum atomic E-state index is 8.73. The highest BCUT2D eigenvalue weighted by molar-refractivity contribution is 7.40. The molecule has 1 fully saturated rings. The van der Waals surface area contributed by atoms with Crippen LogP contribution in [0.15, 0.2) is 4.99 Å². The van der Waals surface area contributed by atoms with Crippen LogP contribution in [0.4, 0.5) is 0 Å². The number of aliphatic hydroxyl groups excluding tert-OH is 1. The lowest BCUT2D eigenvalue weighted by Crippen LogP contribution is -1.98. The fourth-order valence-electron chi connectivity index (χ4n) is 0.904. The monoisotopic (exact) mass is 176 g/mol. The lowest BCUT2D eigenvalue weighted by Gasteiger charge is -1.91. The lowest BCUT2D eigenvalue weighted by atomic mass is 10.3. The molecule has 0 aromatic carbocycles. The zero-order valence-electron chi connectivity index (χ0n) is 6.95. The molecule has 0 aromatic rings. The topological polar surface area (TPSA) is 58.6 Å². The van der Waals surface area contributed by atoms with Gasteiger partial charge in [-0.2, -0.15) is 0 Å². The summed E-state index contributed by atoms with van der Waals surface area (Å²) in [5, 5.41) is 8.73. The molecule has 1 rings (SSSR count). The molecular weight excluding hydrogens is 159 g/mol. The maximum Gasteiger partial charge on any atom is 0.110 e. The second-order valence-electron chi connectivity index (χ2n) is 2.59. The molecule has 11 heavy (non-hydrogen) atoms. The van der Waals surface area contributed by atoms with E-state index in [4.69, 9.17) is 10.8 Å². The summed E-state index contributed by atoms with van der Waals surface area (Å²) in [7, 11) is 3.90. The molecule has 1 aliphatic rings. The van der Waals surface area contributed by atoms with Crippen LogP contribution in [0.5, 0.6) is 0 Å². The summed E-state index contributed by atoms with van der Waals surface area (Å²) in [5.41, 5.74) is 5.55. The van der Waals surface area contributed by atoms with Crippen molar-refractivity contribution in [3.8, 4) is 0 Å². The average molecular weight is 176 g/mol. The van der Waals surface area contributed by atoms with Crippen molar-refractivity contribution in [3.05, 3.63) is 0 Å². The summed E-state index contributed by atoms with van der Waals surface area (Å²) in [5.74, 6) is 0. The van der Waals surface area contributed by atoms with Gasteiger partial charge in [0.2, 0.25) is 0 Å². The standard InChI is InChI=1S/C5H10O.C2H7N2P/c6-5-3-1-2-4-5;1-4-2(3)5/h5-6H,1-4H2;5H2,1H3,(H2,3,4). The van der Waals surface area contributed by atoms with Crippen LogP contribution >= 0.6 is 9.24 Å². The van der Waals surface area contributed by atoms with E-state index < -0.39 is 0 Å². The molecule has 66 valence electrons. The van der Waals surface area contributed by atoms with Crippen molar-refractivity contribution in [2.75, 3.05) is 7.05 Å². The Morgan fingerprint density at radius 1 is 1.55 bits per heavy atom. The van der Waals surface area contributed by atoms with E-state index >= 15 is 0 Å². The van der Waals surface area contributed by atoms with Gasteiger partial charge in [0.05, 0.1) is 6.10 Å². The van der Waals surface area contributed by atoms with Gasteiger partial charge in [0, 0.05) is 7.05 Å². The fourth-order valence-corrected chi connectivity index (χ4v) is 0.904. The van der Waals surface area contributed by atoms with Crippen molar-refractivity contribution < 1.29 is 5.11 Å². The van der Waals surface area contributed by atoms with Crippen molar-refractivity contribution in [2.45, 2.75) is 31.8 Å². The summed E-state index contributed by atoms with van der Waals surface area (Å²) in [6.07, 6.45) is 4.60. The number of nitrogens with two attached hydrogens (primary N) is 1. The van der Waals surface area contributed by atoms with Gasteiger partial charge in [0.25, 0.3) is 0 Å². The molecule has 0 bridgehead atoms. The average Bonchev–Trinajstić information content (AvgIpc) is 2.41. The van der Waals surface area contributed by atoms with Gasteiger partial charge in [0.15, 0.2) is 0 Å². The highest BCUT2D eigenvalue weighted by Gasteiger charge is 2.09. The van der Waals surface area contributed by atoms with Gasteiger partial charge in [-0.25, -0.2) is 0 Å². The number of aliphatic hydroxyl groups is 1. The van der Waals surface area contributed by atoms with E-state index in [1.165, 1.54) is 12.8 Å². The number of amidine groups is 1. The molecular formula is C7H17N2OP. The molecule has 0 aromatic heterocycles. The van der Waals surface area contributed by atoms with Crippen LogP contribution in [-0.2, 0) is 0 Å². The molecule has 0 spiro atoms. The third-order valence-electron chi connectivity index (χ3n) is 1.58. The SMILES string of the molecule is CN=C(N)P.OC1CCCC1. The Morgan fingerprint density at radius 2 is 1.91 bits per heavy atom. The lowest BCUT2D eigenvalue weighted by molar-refractivity contribution is 0.183. The van der Waals surface area contributed by atoms with E-state index in [9.17, 15) is 0 Å². The molecule has 1 saturated carbocycles. The van der Waals surface area contributed by atoms with Gasteiger partial charge < -0.3 is 10.8 Å². The zero-order valence-corrected chi connectivity index (χ0v) is 8.11. The Balaban J connectivity index is 0.000000187. The third-order valence-corrected chi connectivity index (χ3v) is 1.84. The van der Waals surface area contributed by atoms with Crippen molar-refractivity contribution in [1.82, 2.24) is 0 Å². The normalized spacial score (nSPS) is 19.4. The van der Waals surface area contributed by atoms with Crippen LogP contribution in [0.1, 0.15) is 25.7 Å². The number of hydrogen-bond acceptors (Lipinski definition) is 2. The Labute approximate surface area is 70.3 Å².